The predicted molar refractivity (Wildman–Crippen MR) is 74.6 cm³/mol. The highest BCUT2D eigenvalue weighted by Gasteiger charge is 2.23. The Balaban J connectivity index is 1.98. The highest BCUT2D eigenvalue weighted by molar-refractivity contribution is 5.69. The quantitative estimate of drug-likeness (QED) is 0.419. The van der Waals surface area contributed by atoms with Crippen molar-refractivity contribution in [3.63, 3.8) is 0 Å². The highest BCUT2D eigenvalue weighted by atomic mass is 16.5. The Hall–Kier alpha value is -0.570. The summed E-state index contributed by atoms with van der Waals surface area (Å²) in [5, 5.41) is 0. The molecule has 0 heterocycles. The molecule has 0 radical (unpaired) electrons. The summed E-state index contributed by atoms with van der Waals surface area (Å²) in [5.41, 5.74) is 0. The van der Waals surface area contributed by atoms with Crippen molar-refractivity contribution in [2.75, 3.05) is 26.2 Å². The van der Waals surface area contributed by atoms with Gasteiger partial charge in [0.1, 0.15) is 0 Å². The normalized spacial score (nSPS) is 15.1. The molecular weight excluding hydrogens is 226 g/mol. The minimum absolute atomic E-state index is 0.0408. The Morgan fingerprint density at radius 3 is 2.56 bits per heavy atom. The van der Waals surface area contributed by atoms with Gasteiger partial charge in [-0.15, -0.1) is 0 Å². The summed E-state index contributed by atoms with van der Waals surface area (Å²) in [6.07, 6.45) is 8.03. The van der Waals surface area contributed by atoms with Crippen LogP contribution in [-0.4, -0.2) is 37.1 Å². The molecule has 0 aromatic carbocycles. The lowest BCUT2D eigenvalue weighted by Gasteiger charge is -2.21. The molecular formula is C15H29NO2. The van der Waals surface area contributed by atoms with Crippen molar-refractivity contribution in [3.05, 3.63) is 0 Å². The Bertz CT molecular complexity index is 227. The topological polar surface area (TPSA) is 29.5 Å². The van der Waals surface area contributed by atoms with Crippen molar-refractivity contribution in [1.82, 2.24) is 4.90 Å². The van der Waals surface area contributed by atoms with Gasteiger partial charge in [-0.25, -0.2) is 0 Å². The Labute approximate surface area is 112 Å². The van der Waals surface area contributed by atoms with E-state index in [0.717, 1.165) is 18.8 Å². The summed E-state index contributed by atoms with van der Waals surface area (Å²) < 4.78 is 4.92. The minimum atomic E-state index is -0.0408. The third-order valence-corrected chi connectivity index (χ3v) is 3.41. The molecule has 3 nitrogen and oxygen atoms in total. The van der Waals surface area contributed by atoms with Gasteiger partial charge in [-0.05, 0) is 58.0 Å². The largest absolute Gasteiger partial charge is 0.466 e. The number of unbranched alkanes of at least 4 members (excludes halogenated alkanes) is 2. The SMILES string of the molecule is CCCN(CCCCCC(=O)OCC)CC1CC1. The lowest BCUT2D eigenvalue weighted by atomic mass is 10.2. The fourth-order valence-electron chi connectivity index (χ4n) is 2.29. The van der Waals surface area contributed by atoms with Crippen LogP contribution in [0.4, 0.5) is 0 Å². The van der Waals surface area contributed by atoms with E-state index in [-0.39, 0.29) is 5.97 Å². The molecule has 1 fully saturated rings. The summed E-state index contributed by atoms with van der Waals surface area (Å²) in [6, 6.07) is 0. The first kappa shape index (κ1) is 15.5. The molecule has 1 aliphatic rings. The van der Waals surface area contributed by atoms with E-state index in [1.807, 2.05) is 6.92 Å². The first-order valence-electron chi connectivity index (χ1n) is 7.64. The van der Waals surface area contributed by atoms with Gasteiger partial charge in [0.05, 0.1) is 6.61 Å². The summed E-state index contributed by atoms with van der Waals surface area (Å²) in [4.78, 5) is 13.8. The van der Waals surface area contributed by atoms with Crippen LogP contribution in [0.1, 0.15) is 58.8 Å². The summed E-state index contributed by atoms with van der Waals surface area (Å²) in [6.45, 7) is 8.34. The molecule has 0 spiro atoms. The number of carbonyl (C=O) groups is 1. The molecule has 0 amide bonds. The molecule has 0 saturated heterocycles. The van der Waals surface area contributed by atoms with E-state index in [9.17, 15) is 4.79 Å². The van der Waals surface area contributed by atoms with E-state index >= 15 is 0 Å². The number of hydrogen-bond donors (Lipinski definition) is 0. The van der Waals surface area contributed by atoms with Gasteiger partial charge in [0.15, 0.2) is 0 Å². The molecule has 0 N–H and O–H groups in total. The number of rotatable bonds is 11. The van der Waals surface area contributed by atoms with Crippen molar-refractivity contribution in [2.45, 2.75) is 58.8 Å². The maximum Gasteiger partial charge on any atom is 0.305 e. The molecule has 106 valence electrons. The molecule has 18 heavy (non-hydrogen) atoms. The molecule has 0 aromatic rings. The van der Waals surface area contributed by atoms with E-state index < -0.39 is 0 Å². The van der Waals surface area contributed by atoms with Crippen LogP contribution in [0, 0.1) is 5.92 Å². The van der Waals surface area contributed by atoms with Gasteiger partial charge < -0.3 is 9.64 Å². The van der Waals surface area contributed by atoms with Crippen LogP contribution in [0.15, 0.2) is 0 Å². The minimum Gasteiger partial charge on any atom is -0.466 e. The first-order chi connectivity index (χ1) is 8.76. The van der Waals surface area contributed by atoms with Crippen LogP contribution in [-0.2, 0) is 9.53 Å². The van der Waals surface area contributed by atoms with Crippen LogP contribution in [0.25, 0.3) is 0 Å². The third kappa shape index (κ3) is 7.70. The molecule has 0 aliphatic heterocycles. The number of ether oxygens (including phenoxy) is 1. The van der Waals surface area contributed by atoms with Crippen LogP contribution in [0.3, 0.4) is 0 Å². The van der Waals surface area contributed by atoms with Crippen molar-refractivity contribution in [1.29, 1.82) is 0 Å². The average molecular weight is 255 g/mol. The summed E-state index contributed by atoms with van der Waals surface area (Å²) in [7, 11) is 0. The molecule has 3 heteroatoms. The standard InChI is InChI=1S/C15H29NO2/c1-3-11-16(13-14-9-10-14)12-7-5-6-8-15(17)18-4-2/h14H,3-13H2,1-2H3. The van der Waals surface area contributed by atoms with E-state index in [0.29, 0.717) is 13.0 Å². The van der Waals surface area contributed by atoms with Crippen LogP contribution in [0.5, 0.6) is 0 Å². The van der Waals surface area contributed by atoms with Crippen molar-refractivity contribution >= 4 is 5.97 Å². The van der Waals surface area contributed by atoms with Crippen LogP contribution in [0.2, 0.25) is 0 Å². The second kappa shape index (κ2) is 9.37. The van der Waals surface area contributed by atoms with Crippen LogP contribution < -0.4 is 0 Å². The number of hydrogen-bond acceptors (Lipinski definition) is 3. The van der Waals surface area contributed by atoms with Crippen molar-refractivity contribution < 1.29 is 9.53 Å². The maximum atomic E-state index is 11.2. The maximum absolute atomic E-state index is 11.2. The number of esters is 1. The zero-order valence-corrected chi connectivity index (χ0v) is 12.1. The van der Waals surface area contributed by atoms with E-state index in [4.69, 9.17) is 4.74 Å². The Morgan fingerprint density at radius 1 is 1.17 bits per heavy atom. The molecule has 1 rings (SSSR count). The lowest BCUT2D eigenvalue weighted by molar-refractivity contribution is -0.143. The van der Waals surface area contributed by atoms with Gasteiger partial charge in [0.2, 0.25) is 0 Å². The monoisotopic (exact) mass is 255 g/mol. The van der Waals surface area contributed by atoms with Crippen LogP contribution >= 0.6 is 0 Å². The van der Waals surface area contributed by atoms with Gasteiger partial charge in [-0.1, -0.05) is 13.3 Å². The zero-order valence-electron chi connectivity index (χ0n) is 12.1. The molecule has 1 saturated carbocycles. The van der Waals surface area contributed by atoms with Gasteiger partial charge >= 0.3 is 5.97 Å². The third-order valence-electron chi connectivity index (χ3n) is 3.41. The van der Waals surface area contributed by atoms with E-state index in [1.165, 1.54) is 45.3 Å². The second-order valence-corrected chi connectivity index (χ2v) is 5.36. The van der Waals surface area contributed by atoms with Crippen molar-refractivity contribution in [2.24, 2.45) is 5.92 Å². The van der Waals surface area contributed by atoms with Gasteiger partial charge in [0.25, 0.3) is 0 Å². The lowest BCUT2D eigenvalue weighted by Crippen LogP contribution is -2.28. The van der Waals surface area contributed by atoms with Gasteiger partial charge in [-0.3, -0.25) is 4.79 Å². The Kier molecular flexibility index (Phi) is 8.06. The van der Waals surface area contributed by atoms with Gasteiger partial charge in [0, 0.05) is 13.0 Å². The number of carbonyl (C=O) groups excluding carboxylic acids is 1. The van der Waals surface area contributed by atoms with E-state index in [1.54, 1.807) is 0 Å². The van der Waals surface area contributed by atoms with Crippen molar-refractivity contribution in [3.8, 4) is 0 Å². The molecule has 1 aliphatic carbocycles. The summed E-state index contributed by atoms with van der Waals surface area (Å²) in [5.74, 6) is 0.942. The fraction of sp³-hybridized carbons (Fsp3) is 0.933. The van der Waals surface area contributed by atoms with E-state index in [2.05, 4.69) is 11.8 Å². The Morgan fingerprint density at radius 2 is 1.94 bits per heavy atom. The average Bonchev–Trinajstić information content (AvgIpc) is 3.13. The zero-order chi connectivity index (χ0) is 13.2. The summed E-state index contributed by atoms with van der Waals surface area (Å²) >= 11 is 0. The fourth-order valence-corrected chi connectivity index (χ4v) is 2.29. The predicted octanol–water partition coefficient (Wildman–Crippen LogP) is 3.23. The van der Waals surface area contributed by atoms with Gasteiger partial charge in [-0.2, -0.15) is 0 Å². The molecule has 0 unspecified atom stereocenters. The molecule has 0 bridgehead atoms. The smallest absolute Gasteiger partial charge is 0.305 e. The highest BCUT2D eigenvalue weighted by Crippen LogP contribution is 2.29. The number of nitrogens with zero attached hydrogens (tertiary/aromatic N) is 1. The molecule has 0 atom stereocenters. The first-order valence-corrected chi connectivity index (χ1v) is 7.64. The molecule has 0 aromatic heterocycles. The second-order valence-electron chi connectivity index (χ2n) is 5.36.